The van der Waals surface area contributed by atoms with Crippen LogP contribution in [-0.4, -0.2) is 17.2 Å². The van der Waals surface area contributed by atoms with Gasteiger partial charge in [-0.2, -0.15) is 4.98 Å². The lowest BCUT2D eigenvalue weighted by atomic mass is 10.1. The van der Waals surface area contributed by atoms with E-state index < -0.39 is 11.4 Å². The number of hydrogen-bond donors (Lipinski definition) is 1. The Balaban J connectivity index is 2.38. The third kappa shape index (κ3) is 2.37. The van der Waals surface area contributed by atoms with Gasteiger partial charge in [-0.3, -0.25) is 0 Å². The van der Waals surface area contributed by atoms with Crippen LogP contribution in [0.3, 0.4) is 0 Å². The van der Waals surface area contributed by atoms with Crippen molar-refractivity contribution < 1.29 is 8.91 Å². The predicted octanol–water partition coefficient (Wildman–Crippen LogP) is 2.98. The number of halogens is 2. The Labute approximate surface area is 109 Å². The summed E-state index contributed by atoms with van der Waals surface area (Å²) >= 11 is 5.71. The summed E-state index contributed by atoms with van der Waals surface area (Å²) in [6, 6.07) is 4.30. The van der Waals surface area contributed by atoms with E-state index in [1.807, 2.05) is 13.8 Å². The van der Waals surface area contributed by atoms with E-state index in [1.54, 1.807) is 13.1 Å². The van der Waals surface area contributed by atoms with Crippen LogP contribution in [0.5, 0.6) is 0 Å². The highest BCUT2D eigenvalue weighted by molar-refractivity contribution is 6.31. The Bertz CT molecular complexity index is 568. The van der Waals surface area contributed by atoms with E-state index in [0.29, 0.717) is 17.3 Å². The molecule has 18 heavy (non-hydrogen) atoms. The average molecular weight is 270 g/mol. The maximum Gasteiger partial charge on any atom is 0.246 e. The van der Waals surface area contributed by atoms with Crippen molar-refractivity contribution in [3.05, 3.63) is 34.9 Å². The van der Waals surface area contributed by atoms with Gasteiger partial charge in [0.15, 0.2) is 0 Å². The topological polar surface area (TPSA) is 51.0 Å². The van der Waals surface area contributed by atoms with Gasteiger partial charge in [0.2, 0.25) is 11.7 Å². The molecule has 0 aliphatic carbocycles. The molecule has 0 atom stereocenters. The molecule has 0 saturated carbocycles. The Kier molecular flexibility index (Phi) is 3.36. The van der Waals surface area contributed by atoms with Gasteiger partial charge < -0.3 is 9.84 Å². The largest absolute Gasteiger partial charge is 0.337 e. The van der Waals surface area contributed by atoms with Crippen LogP contribution < -0.4 is 5.32 Å². The van der Waals surface area contributed by atoms with Crippen molar-refractivity contribution >= 4 is 11.6 Å². The van der Waals surface area contributed by atoms with Crippen LogP contribution >= 0.6 is 11.6 Å². The van der Waals surface area contributed by atoms with E-state index in [9.17, 15) is 4.39 Å². The van der Waals surface area contributed by atoms with Crippen molar-refractivity contribution in [1.29, 1.82) is 0 Å². The van der Waals surface area contributed by atoms with Gasteiger partial charge in [0.25, 0.3) is 0 Å². The zero-order valence-electron chi connectivity index (χ0n) is 10.3. The molecule has 0 spiro atoms. The Morgan fingerprint density at radius 1 is 1.39 bits per heavy atom. The van der Waals surface area contributed by atoms with Gasteiger partial charge >= 0.3 is 0 Å². The standard InChI is InChI=1S/C12H13ClFN3O/c1-12(2,15-3)11-16-10(17-18-11)7-4-5-9(14)8(13)6-7/h4-6,15H,1-3H3. The molecule has 0 fully saturated rings. The molecule has 1 N–H and O–H groups in total. The van der Waals surface area contributed by atoms with Crippen molar-refractivity contribution in [2.75, 3.05) is 7.05 Å². The molecule has 0 saturated heterocycles. The van der Waals surface area contributed by atoms with E-state index in [1.165, 1.54) is 12.1 Å². The Hall–Kier alpha value is -1.46. The lowest BCUT2D eigenvalue weighted by Gasteiger charge is -2.17. The number of rotatable bonds is 3. The SMILES string of the molecule is CNC(C)(C)c1nc(-c2ccc(F)c(Cl)c2)no1. The molecule has 6 heteroatoms. The first-order valence-corrected chi connectivity index (χ1v) is 5.80. The maximum atomic E-state index is 13.1. The highest BCUT2D eigenvalue weighted by atomic mass is 35.5. The number of nitrogens with one attached hydrogen (secondary N) is 1. The molecular formula is C12H13ClFN3O. The summed E-state index contributed by atoms with van der Waals surface area (Å²) in [5.41, 5.74) is 0.193. The molecule has 0 aliphatic rings. The first-order chi connectivity index (χ1) is 8.44. The van der Waals surface area contributed by atoms with Crippen molar-refractivity contribution in [2.45, 2.75) is 19.4 Å². The Morgan fingerprint density at radius 3 is 2.72 bits per heavy atom. The Morgan fingerprint density at radius 2 is 2.11 bits per heavy atom. The summed E-state index contributed by atoms with van der Waals surface area (Å²) in [4.78, 5) is 4.27. The van der Waals surface area contributed by atoms with Crippen molar-refractivity contribution in [2.24, 2.45) is 0 Å². The van der Waals surface area contributed by atoms with Crippen LogP contribution in [0, 0.1) is 5.82 Å². The minimum Gasteiger partial charge on any atom is -0.337 e. The number of benzene rings is 1. The van der Waals surface area contributed by atoms with Gasteiger partial charge in [0.1, 0.15) is 5.82 Å². The zero-order valence-corrected chi connectivity index (χ0v) is 11.0. The molecule has 1 aromatic heterocycles. The second-order valence-corrected chi connectivity index (χ2v) is 4.83. The molecule has 1 aromatic carbocycles. The summed E-state index contributed by atoms with van der Waals surface area (Å²) in [5, 5.41) is 6.96. The van der Waals surface area contributed by atoms with E-state index in [4.69, 9.17) is 16.1 Å². The van der Waals surface area contributed by atoms with Crippen LogP contribution in [-0.2, 0) is 5.54 Å². The lowest BCUT2D eigenvalue weighted by molar-refractivity contribution is 0.281. The predicted molar refractivity (Wildman–Crippen MR) is 66.8 cm³/mol. The van der Waals surface area contributed by atoms with E-state index in [2.05, 4.69) is 15.5 Å². The zero-order chi connectivity index (χ0) is 13.3. The highest BCUT2D eigenvalue weighted by Gasteiger charge is 2.25. The number of aromatic nitrogens is 2. The van der Waals surface area contributed by atoms with Crippen LogP contribution in [0.4, 0.5) is 4.39 Å². The monoisotopic (exact) mass is 269 g/mol. The van der Waals surface area contributed by atoms with Crippen LogP contribution in [0.25, 0.3) is 11.4 Å². The molecular weight excluding hydrogens is 257 g/mol. The van der Waals surface area contributed by atoms with Gasteiger partial charge in [-0.25, -0.2) is 4.39 Å². The quantitative estimate of drug-likeness (QED) is 0.931. The fourth-order valence-corrected chi connectivity index (χ4v) is 1.52. The fourth-order valence-electron chi connectivity index (χ4n) is 1.34. The number of hydrogen-bond acceptors (Lipinski definition) is 4. The normalized spacial score (nSPS) is 11.8. The second-order valence-electron chi connectivity index (χ2n) is 4.43. The highest BCUT2D eigenvalue weighted by Crippen LogP contribution is 2.25. The summed E-state index contributed by atoms with van der Waals surface area (Å²) in [5.74, 6) is 0.371. The van der Waals surface area contributed by atoms with Gasteiger partial charge in [0, 0.05) is 5.56 Å². The molecule has 96 valence electrons. The molecule has 0 radical (unpaired) electrons. The average Bonchev–Trinajstić information content (AvgIpc) is 2.83. The van der Waals surface area contributed by atoms with E-state index in [0.717, 1.165) is 0 Å². The van der Waals surface area contributed by atoms with Gasteiger partial charge in [-0.15, -0.1) is 0 Å². The molecule has 2 aromatic rings. The van der Waals surface area contributed by atoms with Crippen molar-refractivity contribution in [3.8, 4) is 11.4 Å². The first-order valence-electron chi connectivity index (χ1n) is 5.42. The van der Waals surface area contributed by atoms with E-state index in [-0.39, 0.29) is 5.02 Å². The summed E-state index contributed by atoms with van der Waals surface area (Å²) in [7, 11) is 1.80. The summed E-state index contributed by atoms with van der Waals surface area (Å²) in [6.45, 7) is 3.84. The smallest absolute Gasteiger partial charge is 0.246 e. The molecule has 0 bridgehead atoms. The second kappa shape index (κ2) is 4.66. The van der Waals surface area contributed by atoms with Gasteiger partial charge in [-0.1, -0.05) is 16.8 Å². The first kappa shape index (κ1) is 13.0. The summed E-state index contributed by atoms with van der Waals surface area (Å²) in [6.07, 6.45) is 0. The molecule has 0 unspecified atom stereocenters. The fraction of sp³-hybridized carbons (Fsp3) is 0.333. The van der Waals surface area contributed by atoms with Crippen LogP contribution in [0.15, 0.2) is 22.7 Å². The van der Waals surface area contributed by atoms with Crippen LogP contribution in [0.2, 0.25) is 5.02 Å². The molecule has 2 rings (SSSR count). The van der Waals surface area contributed by atoms with Crippen LogP contribution in [0.1, 0.15) is 19.7 Å². The third-order valence-corrected chi connectivity index (χ3v) is 3.05. The number of nitrogens with zero attached hydrogens (tertiary/aromatic N) is 2. The molecule has 0 amide bonds. The summed E-state index contributed by atoms with van der Waals surface area (Å²) < 4.78 is 18.2. The molecule has 1 heterocycles. The van der Waals surface area contributed by atoms with E-state index >= 15 is 0 Å². The van der Waals surface area contributed by atoms with Crippen molar-refractivity contribution in [3.63, 3.8) is 0 Å². The molecule has 0 aliphatic heterocycles. The molecule has 4 nitrogen and oxygen atoms in total. The van der Waals surface area contributed by atoms with Gasteiger partial charge in [-0.05, 0) is 39.1 Å². The lowest BCUT2D eigenvalue weighted by Crippen LogP contribution is -2.33. The van der Waals surface area contributed by atoms with Gasteiger partial charge in [0.05, 0.1) is 10.6 Å². The minimum absolute atomic E-state index is 0.0340. The third-order valence-electron chi connectivity index (χ3n) is 2.76. The van der Waals surface area contributed by atoms with Crippen molar-refractivity contribution in [1.82, 2.24) is 15.5 Å². The minimum atomic E-state index is -0.473. The maximum absolute atomic E-state index is 13.1.